The van der Waals surface area contributed by atoms with Crippen molar-refractivity contribution in [3.8, 4) is 22.6 Å². The number of nitrogens with zero attached hydrogens (tertiary/aromatic N) is 4. The molecule has 0 amide bonds. The maximum Gasteiger partial charge on any atom is 0.150 e. The van der Waals surface area contributed by atoms with Crippen LogP contribution in [0.25, 0.3) is 66.4 Å². The summed E-state index contributed by atoms with van der Waals surface area (Å²) in [5, 5.41) is 4.52. The quantitative estimate of drug-likeness (QED) is 0.199. The molecule has 218 valence electrons. The first-order valence-electron chi connectivity index (χ1n) is 15.4. The third-order valence-corrected chi connectivity index (χ3v) is 8.90. The van der Waals surface area contributed by atoms with Gasteiger partial charge in [0.25, 0.3) is 0 Å². The molecule has 0 saturated heterocycles. The minimum Gasteiger partial charge on any atom is -0.308 e. The van der Waals surface area contributed by atoms with E-state index in [9.17, 15) is 0 Å². The highest BCUT2D eigenvalue weighted by atomic mass is 19.1. The van der Waals surface area contributed by atoms with Gasteiger partial charge in [-0.3, -0.25) is 9.55 Å². The van der Waals surface area contributed by atoms with E-state index in [4.69, 9.17) is 4.98 Å². The van der Waals surface area contributed by atoms with Crippen LogP contribution in [0.3, 0.4) is 0 Å². The highest BCUT2D eigenvalue weighted by Crippen LogP contribution is 2.41. The lowest BCUT2D eigenvalue weighted by Gasteiger charge is -2.14. The maximum atomic E-state index is 16.3. The molecule has 9 aromatic rings. The van der Waals surface area contributed by atoms with Gasteiger partial charge in [-0.1, -0.05) is 91.0 Å². The van der Waals surface area contributed by atoms with E-state index < -0.39 is 6.17 Å². The summed E-state index contributed by atoms with van der Waals surface area (Å²) in [6, 6.07) is 48.5. The Morgan fingerprint density at radius 3 is 1.93 bits per heavy atom. The van der Waals surface area contributed by atoms with Gasteiger partial charge in [-0.15, -0.1) is 0 Å². The Kier molecular flexibility index (Phi) is 6.03. The van der Waals surface area contributed by atoms with Crippen molar-refractivity contribution in [3.63, 3.8) is 0 Å². The van der Waals surface area contributed by atoms with Crippen LogP contribution in [0.15, 0.2) is 158 Å². The van der Waals surface area contributed by atoms with Crippen LogP contribution >= 0.6 is 0 Å². The zero-order chi connectivity index (χ0) is 30.6. The second-order valence-electron chi connectivity index (χ2n) is 11.6. The Labute approximate surface area is 264 Å². The average molecular weight is 595 g/mol. The number of fused-ring (bicyclic) bond motifs is 7. The zero-order valence-electron chi connectivity index (χ0n) is 24.8. The fourth-order valence-electron chi connectivity index (χ4n) is 6.88. The first-order chi connectivity index (χ1) is 22.8. The van der Waals surface area contributed by atoms with Gasteiger partial charge in [-0.25, -0.2) is 9.37 Å². The van der Waals surface area contributed by atoms with Gasteiger partial charge in [0.15, 0.2) is 6.17 Å². The second-order valence-corrected chi connectivity index (χ2v) is 11.6. The molecule has 0 aliphatic carbocycles. The van der Waals surface area contributed by atoms with Crippen molar-refractivity contribution >= 4 is 43.7 Å². The molecule has 0 aliphatic rings. The Hall–Kier alpha value is -6.07. The number of benzene rings is 5. The van der Waals surface area contributed by atoms with Gasteiger partial charge < -0.3 is 4.57 Å². The van der Waals surface area contributed by atoms with E-state index in [0.29, 0.717) is 11.1 Å². The molecule has 1 atom stereocenters. The number of halogens is 1. The van der Waals surface area contributed by atoms with E-state index in [1.165, 1.54) is 5.39 Å². The van der Waals surface area contributed by atoms with E-state index in [1.807, 2.05) is 85.1 Å². The van der Waals surface area contributed by atoms with Gasteiger partial charge in [-0.2, -0.15) is 0 Å². The van der Waals surface area contributed by atoms with Crippen LogP contribution in [0.4, 0.5) is 4.39 Å². The molecule has 4 heterocycles. The Morgan fingerprint density at radius 1 is 0.500 bits per heavy atom. The van der Waals surface area contributed by atoms with Crippen LogP contribution < -0.4 is 0 Å². The molecule has 1 unspecified atom stereocenters. The van der Waals surface area contributed by atoms with E-state index in [1.54, 1.807) is 6.20 Å². The Bertz CT molecular complexity index is 2550. The molecule has 0 saturated carbocycles. The van der Waals surface area contributed by atoms with Crippen molar-refractivity contribution in [1.29, 1.82) is 0 Å². The predicted molar refractivity (Wildman–Crippen MR) is 186 cm³/mol. The minimum absolute atomic E-state index is 0.586. The molecule has 5 aromatic carbocycles. The molecular weight excluding hydrogens is 567 g/mol. The molecule has 0 spiro atoms. The third-order valence-electron chi connectivity index (χ3n) is 8.90. The number of rotatable bonds is 5. The molecule has 0 radical (unpaired) electrons. The number of para-hydroxylation sites is 3. The van der Waals surface area contributed by atoms with Crippen LogP contribution in [-0.2, 0) is 0 Å². The largest absolute Gasteiger partial charge is 0.308 e. The summed E-state index contributed by atoms with van der Waals surface area (Å²) in [5.41, 5.74) is 8.90. The van der Waals surface area contributed by atoms with Gasteiger partial charge in [0.05, 0.1) is 28.4 Å². The van der Waals surface area contributed by atoms with Crippen LogP contribution in [-0.4, -0.2) is 19.1 Å². The predicted octanol–water partition coefficient (Wildman–Crippen LogP) is 10.4. The molecule has 9 rings (SSSR count). The van der Waals surface area contributed by atoms with Gasteiger partial charge in [0.2, 0.25) is 0 Å². The molecule has 5 heteroatoms. The summed E-state index contributed by atoms with van der Waals surface area (Å²) >= 11 is 0. The molecule has 46 heavy (non-hydrogen) atoms. The lowest BCUT2D eigenvalue weighted by Crippen LogP contribution is -2.00. The van der Waals surface area contributed by atoms with Crippen molar-refractivity contribution in [2.75, 3.05) is 0 Å². The summed E-state index contributed by atoms with van der Waals surface area (Å²) in [5.74, 6) is 0. The van der Waals surface area contributed by atoms with Crippen LogP contribution in [0.5, 0.6) is 0 Å². The molecule has 4 nitrogen and oxygen atoms in total. The van der Waals surface area contributed by atoms with Crippen LogP contribution in [0, 0.1) is 0 Å². The molecule has 4 aromatic heterocycles. The fraction of sp³-hybridized carbons (Fsp3) is 0.0244. The molecule has 0 aliphatic heterocycles. The highest BCUT2D eigenvalue weighted by Gasteiger charge is 2.22. The maximum absolute atomic E-state index is 16.3. The fourth-order valence-corrected chi connectivity index (χ4v) is 6.88. The molecular formula is C41H27FN4. The smallest absolute Gasteiger partial charge is 0.150 e. The van der Waals surface area contributed by atoms with Crippen molar-refractivity contribution < 1.29 is 4.39 Å². The number of hydrogen-bond donors (Lipinski definition) is 0. The zero-order valence-corrected chi connectivity index (χ0v) is 24.8. The molecule has 0 N–H and O–H groups in total. The number of pyridine rings is 2. The number of hydrogen-bond acceptors (Lipinski definition) is 2. The first-order valence-corrected chi connectivity index (χ1v) is 15.4. The van der Waals surface area contributed by atoms with Gasteiger partial charge in [-0.05, 0) is 65.7 Å². The molecule has 0 bridgehead atoms. The summed E-state index contributed by atoms with van der Waals surface area (Å²) in [6.45, 7) is 0. The first kappa shape index (κ1) is 26.3. The van der Waals surface area contributed by atoms with E-state index in [-0.39, 0.29) is 0 Å². The topological polar surface area (TPSA) is 35.6 Å². The number of aromatic nitrogens is 4. The van der Waals surface area contributed by atoms with E-state index in [0.717, 1.165) is 61.0 Å². The Balaban J connectivity index is 1.25. The Morgan fingerprint density at radius 2 is 1.15 bits per heavy atom. The minimum atomic E-state index is -1.31. The van der Waals surface area contributed by atoms with Crippen molar-refractivity contribution in [1.82, 2.24) is 19.1 Å². The molecule has 0 fully saturated rings. The monoisotopic (exact) mass is 594 g/mol. The summed E-state index contributed by atoms with van der Waals surface area (Å²) in [4.78, 5) is 9.58. The summed E-state index contributed by atoms with van der Waals surface area (Å²) < 4.78 is 20.8. The van der Waals surface area contributed by atoms with Gasteiger partial charge in [0, 0.05) is 44.7 Å². The third kappa shape index (κ3) is 4.06. The average Bonchev–Trinajstić information content (AvgIpc) is 3.65. The standard InChI is InChI=1S/C41H27FN4/c42-40(28-13-10-12-27(24-28)34-20-8-9-23-43-34)29-14-11-17-31(25-29)46-36-22-7-5-19-33(36)39-38-32-18-4-6-21-35(32)45(30-15-2-1-3-16-30)37(38)26-44-41(39)46/h1-26,40H. The van der Waals surface area contributed by atoms with Crippen molar-refractivity contribution in [2.45, 2.75) is 6.17 Å². The van der Waals surface area contributed by atoms with Crippen LogP contribution in [0.2, 0.25) is 0 Å². The van der Waals surface area contributed by atoms with Crippen molar-refractivity contribution in [3.05, 3.63) is 169 Å². The lowest BCUT2D eigenvalue weighted by molar-refractivity contribution is 0.402. The van der Waals surface area contributed by atoms with Gasteiger partial charge in [0.1, 0.15) is 5.65 Å². The van der Waals surface area contributed by atoms with E-state index in [2.05, 4.69) is 80.8 Å². The SMILES string of the molecule is FC(c1cccc(-c2ccccn2)c1)c1cccc(-n2c3ccccc3c3c4c5ccccc5n(-c5ccccc5)c4cnc32)c1. The van der Waals surface area contributed by atoms with Gasteiger partial charge >= 0.3 is 0 Å². The normalized spacial score (nSPS) is 12.4. The van der Waals surface area contributed by atoms with Crippen molar-refractivity contribution in [2.24, 2.45) is 0 Å². The van der Waals surface area contributed by atoms with E-state index >= 15 is 4.39 Å². The second kappa shape index (κ2) is 10.5. The lowest BCUT2D eigenvalue weighted by atomic mass is 9.99. The van der Waals surface area contributed by atoms with Crippen LogP contribution in [0.1, 0.15) is 17.3 Å². The summed E-state index contributed by atoms with van der Waals surface area (Å²) in [7, 11) is 0. The summed E-state index contributed by atoms with van der Waals surface area (Å²) in [6.07, 6.45) is 2.43. The number of alkyl halides is 1. The highest BCUT2D eigenvalue weighted by molar-refractivity contribution is 6.27.